The predicted molar refractivity (Wildman–Crippen MR) is 122 cm³/mol. The normalized spacial score (nSPS) is 15.8. The van der Waals surface area contributed by atoms with Crippen molar-refractivity contribution in [3.8, 4) is 11.3 Å². The average Bonchev–Trinajstić information content (AvgIpc) is 3.16. The molecule has 33 heavy (non-hydrogen) atoms. The van der Waals surface area contributed by atoms with Crippen LogP contribution in [0.4, 0.5) is 24.7 Å². The third kappa shape index (κ3) is 4.96. The van der Waals surface area contributed by atoms with Gasteiger partial charge in [0.25, 0.3) is 0 Å². The maximum absolute atomic E-state index is 13.6. The third-order valence-electron chi connectivity index (χ3n) is 5.96. The summed E-state index contributed by atoms with van der Waals surface area (Å²) in [5, 5.41) is 7.10. The van der Waals surface area contributed by atoms with Gasteiger partial charge >= 0.3 is 6.18 Å². The van der Waals surface area contributed by atoms with Crippen molar-refractivity contribution in [2.24, 2.45) is 11.3 Å². The summed E-state index contributed by atoms with van der Waals surface area (Å²) in [5.74, 6) is 1.06. The smallest absolute Gasteiger partial charge is 0.355 e. The second kappa shape index (κ2) is 8.35. The van der Waals surface area contributed by atoms with Crippen LogP contribution in [0.1, 0.15) is 46.1 Å². The maximum Gasteiger partial charge on any atom is 0.418 e. The Morgan fingerprint density at radius 1 is 1.09 bits per heavy atom. The topological polar surface area (TPSA) is 62.5 Å². The molecule has 0 radical (unpaired) electrons. The lowest BCUT2D eigenvalue weighted by atomic mass is 9.95. The van der Waals surface area contributed by atoms with Crippen molar-refractivity contribution in [3.63, 3.8) is 0 Å². The van der Waals surface area contributed by atoms with Gasteiger partial charge in [0.05, 0.1) is 23.1 Å². The molecule has 0 spiro atoms. The number of halogens is 3. The first-order chi connectivity index (χ1) is 15.4. The Bertz CT molecular complexity index is 1170. The van der Waals surface area contributed by atoms with E-state index < -0.39 is 23.1 Å². The van der Waals surface area contributed by atoms with Gasteiger partial charge in [-0.2, -0.15) is 13.2 Å². The minimum absolute atomic E-state index is 0.284. The molecule has 0 bridgehead atoms. The third-order valence-corrected chi connectivity index (χ3v) is 5.96. The Labute approximate surface area is 190 Å². The Hall–Kier alpha value is -3.10. The molecule has 1 amide bonds. The fourth-order valence-corrected chi connectivity index (χ4v) is 3.78. The number of nitrogens with one attached hydrogen (secondary N) is 1. The second-order valence-corrected chi connectivity index (χ2v) is 9.75. The molecule has 3 heterocycles. The van der Waals surface area contributed by atoms with Gasteiger partial charge in [0.2, 0.25) is 5.91 Å². The van der Waals surface area contributed by atoms with Crippen LogP contribution in [0.25, 0.3) is 16.9 Å². The molecule has 0 atom stereocenters. The quantitative estimate of drug-likeness (QED) is 0.551. The molecule has 9 heteroatoms. The minimum atomic E-state index is -4.60. The average molecular weight is 460 g/mol. The van der Waals surface area contributed by atoms with Crippen LogP contribution in [-0.4, -0.2) is 33.6 Å². The van der Waals surface area contributed by atoms with Gasteiger partial charge in [-0.05, 0) is 43.0 Å². The summed E-state index contributed by atoms with van der Waals surface area (Å²) >= 11 is 0. The van der Waals surface area contributed by atoms with E-state index in [4.69, 9.17) is 0 Å². The molecule has 4 rings (SSSR count). The number of piperidine rings is 1. The van der Waals surface area contributed by atoms with Crippen molar-refractivity contribution in [1.82, 2.24) is 14.6 Å². The number of aromatic nitrogens is 3. The highest BCUT2D eigenvalue weighted by atomic mass is 19.4. The molecule has 0 unspecified atom stereocenters. The number of alkyl halides is 3. The lowest BCUT2D eigenvalue weighted by Gasteiger charge is -2.30. The molecular weight excluding hydrogens is 431 g/mol. The molecule has 1 aliphatic rings. The number of anilines is 2. The zero-order valence-electron chi connectivity index (χ0n) is 19.2. The highest BCUT2D eigenvalue weighted by Gasteiger charge is 2.35. The Morgan fingerprint density at radius 3 is 2.42 bits per heavy atom. The standard InChI is InChI=1S/C24H28F3N5O/c1-15-9-11-31(12-10-15)21-8-7-20-28-19(14-32(20)30-21)16-5-6-17(24(25,26)27)18(13-16)29-22(33)23(2,3)4/h5-8,13-15H,9-12H2,1-4H3,(H,29,33). The number of fused-ring (bicyclic) bond motifs is 1. The van der Waals surface area contributed by atoms with Gasteiger partial charge in [0, 0.05) is 24.1 Å². The highest BCUT2D eigenvalue weighted by Crippen LogP contribution is 2.38. The van der Waals surface area contributed by atoms with Crippen LogP contribution >= 0.6 is 0 Å². The summed E-state index contributed by atoms with van der Waals surface area (Å²) in [7, 11) is 0. The van der Waals surface area contributed by atoms with E-state index in [1.165, 1.54) is 12.1 Å². The van der Waals surface area contributed by atoms with Crippen LogP contribution in [0.3, 0.4) is 0 Å². The minimum Gasteiger partial charge on any atom is -0.355 e. The van der Waals surface area contributed by atoms with Crippen LogP contribution < -0.4 is 10.2 Å². The Morgan fingerprint density at radius 2 is 1.79 bits per heavy atom. The van der Waals surface area contributed by atoms with E-state index >= 15 is 0 Å². The SMILES string of the molecule is CC1CCN(c2ccc3nc(-c4ccc(C(F)(F)F)c(NC(=O)C(C)(C)C)c4)cn3n2)CC1. The first-order valence-corrected chi connectivity index (χ1v) is 11.1. The van der Waals surface area contributed by atoms with Gasteiger partial charge in [0.15, 0.2) is 5.65 Å². The first kappa shape index (κ1) is 23.1. The molecule has 1 aromatic carbocycles. The molecule has 176 valence electrons. The van der Waals surface area contributed by atoms with E-state index in [9.17, 15) is 18.0 Å². The van der Waals surface area contributed by atoms with Crippen LogP contribution in [0, 0.1) is 11.3 Å². The lowest BCUT2D eigenvalue weighted by molar-refractivity contribution is -0.137. The largest absolute Gasteiger partial charge is 0.418 e. The van der Waals surface area contributed by atoms with Crippen molar-refractivity contribution in [2.45, 2.75) is 46.7 Å². The van der Waals surface area contributed by atoms with Gasteiger partial charge in [0.1, 0.15) is 5.82 Å². The molecule has 1 fully saturated rings. The molecule has 3 aromatic rings. The van der Waals surface area contributed by atoms with Crippen molar-refractivity contribution >= 4 is 23.1 Å². The van der Waals surface area contributed by atoms with Crippen molar-refractivity contribution in [2.75, 3.05) is 23.3 Å². The van der Waals surface area contributed by atoms with Gasteiger partial charge < -0.3 is 10.2 Å². The van der Waals surface area contributed by atoms with Crippen LogP contribution in [-0.2, 0) is 11.0 Å². The number of benzene rings is 1. The van der Waals surface area contributed by atoms with Crippen molar-refractivity contribution in [1.29, 1.82) is 0 Å². The van der Waals surface area contributed by atoms with E-state index in [1.807, 2.05) is 12.1 Å². The van der Waals surface area contributed by atoms with E-state index in [0.29, 0.717) is 22.8 Å². The predicted octanol–water partition coefficient (Wildman–Crippen LogP) is 5.64. The fourth-order valence-electron chi connectivity index (χ4n) is 3.78. The van der Waals surface area contributed by atoms with Gasteiger partial charge in [-0.3, -0.25) is 4.79 Å². The van der Waals surface area contributed by atoms with Gasteiger partial charge in [-0.1, -0.05) is 33.8 Å². The molecule has 1 aliphatic heterocycles. The van der Waals surface area contributed by atoms with E-state index in [2.05, 4.69) is 27.2 Å². The van der Waals surface area contributed by atoms with E-state index in [1.54, 1.807) is 31.5 Å². The number of hydrogen-bond acceptors (Lipinski definition) is 4. The molecule has 0 saturated carbocycles. The number of imidazole rings is 1. The number of nitrogens with zero attached hydrogens (tertiary/aromatic N) is 4. The zero-order chi connectivity index (χ0) is 24.0. The summed E-state index contributed by atoms with van der Waals surface area (Å²) in [4.78, 5) is 19.2. The monoisotopic (exact) mass is 459 g/mol. The molecular formula is C24H28F3N5O. The molecule has 6 nitrogen and oxygen atoms in total. The summed E-state index contributed by atoms with van der Waals surface area (Å²) in [5.41, 5.74) is -0.480. The summed E-state index contributed by atoms with van der Waals surface area (Å²) in [6.07, 6.45) is -0.670. The van der Waals surface area contributed by atoms with E-state index in [0.717, 1.165) is 37.8 Å². The summed E-state index contributed by atoms with van der Waals surface area (Å²) < 4.78 is 42.3. The summed E-state index contributed by atoms with van der Waals surface area (Å²) in [6.45, 7) is 9.07. The first-order valence-electron chi connectivity index (χ1n) is 11.1. The van der Waals surface area contributed by atoms with Crippen LogP contribution in [0.2, 0.25) is 0 Å². The second-order valence-electron chi connectivity index (χ2n) is 9.75. The fraction of sp³-hybridized carbons (Fsp3) is 0.458. The Kier molecular flexibility index (Phi) is 5.84. The van der Waals surface area contributed by atoms with Gasteiger partial charge in [-0.15, -0.1) is 5.10 Å². The van der Waals surface area contributed by atoms with Crippen LogP contribution in [0.15, 0.2) is 36.5 Å². The number of rotatable bonds is 3. The Balaban J connectivity index is 1.68. The van der Waals surface area contributed by atoms with E-state index in [-0.39, 0.29) is 5.69 Å². The number of carbonyl (C=O) groups is 1. The molecule has 0 aliphatic carbocycles. The van der Waals surface area contributed by atoms with Gasteiger partial charge in [-0.25, -0.2) is 9.50 Å². The number of hydrogen-bond donors (Lipinski definition) is 1. The maximum atomic E-state index is 13.6. The molecule has 1 saturated heterocycles. The molecule has 2 aromatic heterocycles. The lowest BCUT2D eigenvalue weighted by Crippen LogP contribution is -2.33. The highest BCUT2D eigenvalue weighted by molar-refractivity contribution is 5.96. The number of amides is 1. The van der Waals surface area contributed by atoms with Crippen molar-refractivity contribution < 1.29 is 18.0 Å². The van der Waals surface area contributed by atoms with Crippen LogP contribution in [0.5, 0.6) is 0 Å². The zero-order valence-corrected chi connectivity index (χ0v) is 19.2. The number of carbonyl (C=O) groups excluding carboxylic acids is 1. The van der Waals surface area contributed by atoms with Crippen molar-refractivity contribution in [3.05, 3.63) is 42.1 Å². The molecule has 1 N–H and O–H groups in total. The summed E-state index contributed by atoms with van der Waals surface area (Å²) in [6, 6.07) is 7.44.